The van der Waals surface area contributed by atoms with E-state index in [4.69, 9.17) is 23.3 Å². The Kier molecular flexibility index (Phi) is 17.5. The first kappa shape index (κ1) is 43.1. The maximum Gasteiger partial charge on any atom is 0.261 e. The Hall–Kier alpha value is -4.06. The summed E-state index contributed by atoms with van der Waals surface area (Å²) in [5.74, 6) is 1.17. The van der Waals surface area contributed by atoms with Crippen LogP contribution >= 0.6 is 12.8 Å². The van der Waals surface area contributed by atoms with E-state index in [1.165, 1.54) is 0 Å². The Bertz CT molecular complexity index is 1680. The van der Waals surface area contributed by atoms with Crippen molar-refractivity contribution in [1.29, 1.82) is 0 Å². The van der Waals surface area contributed by atoms with Crippen molar-refractivity contribution in [2.45, 2.75) is 91.4 Å². The number of benzene rings is 2. The zero-order chi connectivity index (χ0) is 38.3. The molecule has 284 valence electrons. The fourth-order valence-corrected chi connectivity index (χ4v) is 5.20. The third-order valence-corrected chi connectivity index (χ3v) is 7.62. The van der Waals surface area contributed by atoms with Crippen LogP contribution in [0.25, 0.3) is 11.0 Å². The zero-order valence-corrected chi connectivity index (χ0v) is 32.1. The number of methoxy groups -OCH3 is 1. The van der Waals surface area contributed by atoms with Gasteiger partial charge in [-0.15, -0.1) is 0 Å². The molecule has 0 spiro atoms. The monoisotopic (exact) mass is 753 g/mol. The normalized spacial score (nSPS) is 12.5. The molecule has 3 rings (SSSR count). The molecular formula is C34H51N5O10S2. The number of carbonyl (C=O) groups excluding carboxylic acids is 3. The summed E-state index contributed by atoms with van der Waals surface area (Å²) < 4.78 is 51.3. The van der Waals surface area contributed by atoms with E-state index in [0.29, 0.717) is 59.7 Å². The van der Waals surface area contributed by atoms with Crippen LogP contribution in [0.15, 0.2) is 40.9 Å². The molecule has 0 saturated carbocycles. The fourth-order valence-electron chi connectivity index (χ4n) is 4.96. The summed E-state index contributed by atoms with van der Waals surface area (Å²) >= 11 is 4.00. The Labute approximate surface area is 305 Å². The van der Waals surface area contributed by atoms with Crippen LogP contribution in [0.2, 0.25) is 0 Å². The summed E-state index contributed by atoms with van der Waals surface area (Å²) in [5.41, 5.74) is 1.01. The summed E-state index contributed by atoms with van der Waals surface area (Å²) in [5, 5.41) is 9.97. The number of nitrogens with one attached hydrogen (secondary N) is 3. The number of hydrogen-bond donors (Lipinski definition) is 5. The molecule has 1 aromatic heterocycles. The van der Waals surface area contributed by atoms with E-state index in [0.717, 1.165) is 19.3 Å². The van der Waals surface area contributed by atoms with Gasteiger partial charge in [-0.3, -0.25) is 23.7 Å². The van der Waals surface area contributed by atoms with Gasteiger partial charge in [0.1, 0.15) is 11.8 Å². The highest BCUT2D eigenvalue weighted by molar-refractivity contribution is 7.85. The number of thiol groups is 1. The number of unbranched alkanes of at least 4 members (excludes halogenated alkanes) is 1. The number of fused-ring (bicyclic) bond motifs is 1. The van der Waals surface area contributed by atoms with E-state index in [2.05, 4.69) is 33.3 Å². The standard InChI is InChI=1S/C33H47N5O7S.CH4O3S/c1-8-11-26(37-46)32(40)34-22(6)31(39)35-30-25-14-13-24(19-28(25)45-36-30)43-16-9-10-17-44-27-15-12-23(18-29(27)42-7)33(41)38(20(2)3)21(4)5;1-5(2,3)4/h12-15,18-22,26,37,46H,8-11,16-17H2,1-7H3,(H,34,40)(H,35,36,39);1H3,(H,2,3,4)/t22-,26-;/m0./s1. The highest BCUT2D eigenvalue weighted by Crippen LogP contribution is 2.30. The van der Waals surface area contributed by atoms with Crippen LogP contribution in [0.1, 0.15) is 77.6 Å². The van der Waals surface area contributed by atoms with Gasteiger partial charge >= 0.3 is 0 Å². The van der Waals surface area contributed by atoms with E-state index >= 15 is 0 Å². The number of rotatable bonds is 18. The van der Waals surface area contributed by atoms with Gasteiger partial charge in [-0.05, 0) is 84.2 Å². The lowest BCUT2D eigenvalue weighted by atomic mass is 10.1. The molecule has 0 aliphatic rings. The highest BCUT2D eigenvalue weighted by Gasteiger charge is 2.24. The van der Waals surface area contributed by atoms with E-state index < -0.39 is 28.1 Å². The number of hydrogen-bond acceptors (Lipinski definition) is 12. The lowest BCUT2D eigenvalue weighted by Gasteiger charge is -2.31. The van der Waals surface area contributed by atoms with Crippen molar-refractivity contribution in [3.63, 3.8) is 0 Å². The second-order valence-corrected chi connectivity index (χ2v) is 14.0. The largest absolute Gasteiger partial charge is 0.493 e. The van der Waals surface area contributed by atoms with E-state index in [1.807, 2.05) is 39.5 Å². The van der Waals surface area contributed by atoms with Gasteiger partial charge in [0.15, 0.2) is 22.9 Å². The van der Waals surface area contributed by atoms with Crippen LogP contribution in [-0.4, -0.2) is 91.5 Å². The van der Waals surface area contributed by atoms with Crippen LogP contribution < -0.4 is 29.6 Å². The maximum absolute atomic E-state index is 13.0. The molecule has 0 aliphatic carbocycles. The van der Waals surface area contributed by atoms with Crippen molar-refractivity contribution in [3.8, 4) is 17.2 Å². The van der Waals surface area contributed by atoms with E-state index in [9.17, 15) is 22.8 Å². The van der Waals surface area contributed by atoms with Gasteiger partial charge in [0, 0.05) is 23.7 Å². The summed E-state index contributed by atoms with van der Waals surface area (Å²) in [4.78, 5) is 39.9. The molecule has 0 radical (unpaired) electrons. The molecule has 0 saturated heterocycles. The molecule has 17 heteroatoms. The minimum absolute atomic E-state index is 0.0463. The van der Waals surface area contributed by atoms with Crippen molar-refractivity contribution in [1.82, 2.24) is 20.1 Å². The van der Waals surface area contributed by atoms with Crippen LogP contribution in [0.4, 0.5) is 5.82 Å². The number of aromatic nitrogens is 1. The third kappa shape index (κ3) is 14.2. The summed E-state index contributed by atoms with van der Waals surface area (Å²) in [6.07, 6.45) is 3.57. The lowest BCUT2D eigenvalue weighted by molar-refractivity contribution is -0.127. The van der Waals surface area contributed by atoms with Gasteiger partial charge < -0.3 is 34.3 Å². The highest BCUT2D eigenvalue weighted by atomic mass is 32.2. The second-order valence-electron chi connectivity index (χ2n) is 12.3. The molecule has 3 amide bonds. The van der Waals surface area contributed by atoms with Gasteiger partial charge in [0.25, 0.3) is 16.0 Å². The first-order valence-corrected chi connectivity index (χ1v) is 18.9. The first-order chi connectivity index (χ1) is 24.0. The van der Waals surface area contributed by atoms with Crippen LogP contribution in [0, 0.1) is 0 Å². The Balaban J connectivity index is 0.00000168. The first-order valence-electron chi connectivity index (χ1n) is 16.6. The molecule has 2 aromatic carbocycles. The Morgan fingerprint density at radius 3 is 2.16 bits per heavy atom. The van der Waals surface area contributed by atoms with Crippen LogP contribution in [0.3, 0.4) is 0 Å². The van der Waals surface area contributed by atoms with Crippen molar-refractivity contribution in [2.75, 3.05) is 31.9 Å². The molecule has 0 fully saturated rings. The van der Waals surface area contributed by atoms with Gasteiger partial charge in [-0.2, -0.15) is 8.42 Å². The molecular weight excluding hydrogens is 703 g/mol. The third-order valence-electron chi connectivity index (χ3n) is 7.31. The van der Waals surface area contributed by atoms with Crippen LogP contribution in [0.5, 0.6) is 17.2 Å². The topological polar surface area (TPSA) is 199 Å². The zero-order valence-electron chi connectivity index (χ0n) is 30.4. The molecule has 51 heavy (non-hydrogen) atoms. The van der Waals surface area contributed by atoms with Crippen molar-refractivity contribution in [3.05, 3.63) is 42.0 Å². The lowest BCUT2D eigenvalue weighted by Crippen LogP contribution is -2.48. The second kappa shape index (κ2) is 20.7. The Morgan fingerprint density at radius 2 is 1.59 bits per heavy atom. The predicted octanol–water partition coefficient (Wildman–Crippen LogP) is 4.88. The minimum atomic E-state index is -3.67. The quantitative estimate of drug-likeness (QED) is 0.0671. The van der Waals surface area contributed by atoms with E-state index in [-0.39, 0.29) is 29.7 Å². The van der Waals surface area contributed by atoms with Crippen molar-refractivity contribution >= 4 is 57.4 Å². The summed E-state index contributed by atoms with van der Waals surface area (Å²) in [6, 6.07) is 9.37. The molecule has 4 N–H and O–H groups in total. The number of amides is 3. The fraction of sp³-hybridized carbons (Fsp3) is 0.529. The molecule has 0 unspecified atom stereocenters. The van der Waals surface area contributed by atoms with Gasteiger partial charge in [-0.1, -0.05) is 31.3 Å². The number of ether oxygens (including phenoxy) is 3. The Morgan fingerprint density at radius 1 is 0.961 bits per heavy atom. The number of nitrogens with zero attached hydrogens (tertiary/aromatic N) is 2. The number of carbonyl (C=O) groups is 3. The molecule has 2 atom stereocenters. The molecule has 3 aromatic rings. The van der Waals surface area contributed by atoms with Crippen molar-refractivity contribution in [2.24, 2.45) is 0 Å². The van der Waals surface area contributed by atoms with Gasteiger partial charge in [0.2, 0.25) is 11.8 Å². The SMILES string of the molecule is CCC[C@H](NS)C(=O)N[C@@H](C)C(=O)Nc1noc2cc(OCCCCOc3ccc(C(=O)N(C(C)C)C(C)C)cc3OC)ccc12.CS(=O)(=O)O. The van der Waals surface area contributed by atoms with Gasteiger partial charge in [-0.25, -0.2) is 0 Å². The van der Waals surface area contributed by atoms with E-state index in [1.54, 1.807) is 50.4 Å². The summed E-state index contributed by atoms with van der Waals surface area (Å²) in [7, 11) is -2.11. The average molecular weight is 754 g/mol. The van der Waals surface area contributed by atoms with Gasteiger partial charge in [0.05, 0.1) is 38.0 Å². The van der Waals surface area contributed by atoms with Crippen molar-refractivity contribution < 1.29 is 46.1 Å². The predicted molar refractivity (Wildman–Crippen MR) is 198 cm³/mol. The minimum Gasteiger partial charge on any atom is -0.493 e. The molecule has 0 bridgehead atoms. The van der Waals surface area contributed by atoms with Crippen LogP contribution in [-0.2, 0) is 19.7 Å². The molecule has 1 heterocycles. The average Bonchev–Trinajstić information content (AvgIpc) is 3.45. The smallest absolute Gasteiger partial charge is 0.261 e. The maximum atomic E-state index is 13.0. The molecule has 15 nitrogen and oxygen atoms in total. The number of anilines is 1. The summed E-state index contributed by atoms with van der Waals surface area (Å²) in [6.45, 7) is 12.5. The molecule has 0 aliphatic heterocycles.